The van der Waals surface area contributed by atoms with E-state index in [1.807, 2.05) is 65.3 Å². The second kappa shape index (κ2) is 9.72. The SMILES string of the molecule is CCN(C(=O)[C@H]1CCCN(c2nc(-c3ccc(OC)cc3)no2)C1)c1ccc(OC)cc1. The van der Waals surface area contributed by atoms with Gasteiger partial charge in [-0.15, -0.1) is 0 Å². The fourth-order valence-electron chi connectivity index (χ4n) is 4.00. The fraction of sp³-hybridized carbons (Fsp3) is 0.375. The van der Waals surface area contributed by atoms with Crippen LogP contribution in [0.5, 0.6) is 11.5 Å². The summed E-state index contributed by atoms with van der Waals surface area (Å²) in [5.74, 6) is 2.03. The van der Waals surface area contributed by atoms with Crippen LogP contribution in [0.25, 0.3) is 11.4 Å². The molecule has 3 aromatic rings. The number of rotatable bonds is 7. The molecule has 0 radical (unpaired) electrons. The van der Waals surface area contributed by atoms with Crippen LogP contribution in [0.15, 0.2) is 53.1 Å². The molecule has 1 aliphatic rings. The Hall–Kier alpha value is -3.55. The number of anilines is 2. The summed E-state index contributed by atoms with van der Waals surface area (Å²) < 4.78 is 16.0. The lowest BCUT2D eigenvalue weighted by molar-refractivity contribution is -0.122. The van der Waals surface area contributed by atoms with E-state index in [0.717, 1.165) is 42.1 Å². The van der Waals surface area contributed by atoms with E-state index in [-0.39, 0.29) is 11.8 Å². The Bertz CT molecular complexity index is 1030. The zero-order valence-electron chi connectivity index (χ0n) is 18.7. The van der Waals surface area contributed by atoms with Crippen LogP contribution >= 0.6 is 0 Å². The van der Waals surface area contributed by atoms with Crippen molar-refractivity contribution in [1.29, 1.82) is 0 Å². The lowest BCUT2D eigenvalue weighted by Gasteiger charge is -2.33. The van der Waals surface area contributed by atoms with Gasteiger partial charge in [0.2, 0.25) is 11.7 Å². The van der Waals surface area contributed by atoms with Crippen molar-refractivity contribution in [2.75, 3.05) is 43.7 Å². The number of aromatic nitrogens is 2. The Morgan fingerprint density at radius 1 is 1.09 bits per heavy atom. The summed E-state index contributed by atoms with van der Waals surface area (Å²) in [5.41, 5.74) is 1.72. The molecule has 0 N–H and O–H groups in total. The minimum atomic E-state index is -0.137. The highest BCUT2D eigenvalue weighted by molar-refractivity contribution is 5.95. The Morgan fingerprint density at radius 2 is 1.75 bits per heavy atom. The van der Waals surface area contributed by atoms with Gasteiger partial charge in [-0.2, -0.15) is 4.98 Å². The predicted octanol–water partition coefficient (Wildman–Crippen LogP) is 4.02. The molecule has 0 spiro atoms. The van der Waals surface area contributed by atoms with Gasteiger partial charge in [0.1, 0.15) is 11.5 Å². The summed E-state index contributed by atoms with van der Waals surface area (Å²) in [6.45, 7) is 3.92. The Balaban J connectivity index is 1.46. The molecule has 0 saturated carbocycles. The summed E-state index contributed by atoms with van der Waals surface area (Å²) in [7, 11) is 3.26. The standard InChI is InChI=1S/C24H28N4O4/c1-4-28(19-9-13-21(31-3)14-10-19)23(29)18-6-5-15-27(16-18)24-25-22(26-32-24)17-7-11-20(30-2)12-8-17/h7-14,18H,4-6,15-16H2,1-3H3/t18-/m0/s1. The van der Waals surface area contributed by atoms with Crippen molar-refractivity contribution in [3.63, 3.8) is 0 Å². The lowest BCUT2D eigenvalue weighted by atomic mass is 9.96. The Labute approximate surface area is 187 Å². The van der Waals surface area contributed by atoms with E-state index in [9.17, 15) is 4.79 Å². The largest absolute Gasteiger partial charge is 0.497 e. The quantitative estimate of drug-likeness (QED) is 0.553. The molecular weight excluding hydrogens is 408 g/mol. The molecule has 1 aliphatic heterocycles. The maximum Gasteiger partial charge on any atom is 0.324 e. The van der Waals surface area contributed by atoms with E-state index in [0.29, 0.717) is 24.9 Å². The third-order valence-electron chi connectivity index (χ3n) is 5.77. The van der Waals surface area contributed by atoms with Gasteiger partial charge in [-0.25, -0.2) is 0 Å². The molecule has 2 heterocycles. The number of amides is 1. The van der Waals surface area contributed by atoms with Crippen LogP contribution in [0, 0.1) is 5.92 Å². The Kier molecular flexibility index (Phi) is 6.58. The van der Waals surface area contributed by atoms with Crippen LogP contribution in [0.3, 0.4) is 0 Å². The first-order valence-corrected chi connectivity index (χ1v) is 10.8. The Morgan fingerprint density at radius 3 is 2.38 bits per heavy atom. The van der Waals surface area contributed by atoms with Gasteiger partial charge < -0.3 is 23.8 Å². The third kappa shape index (κ3) is 4.54. The number of hydrogen-bond donors (Lipinski definition) is 0. The van der Waals surface area contributed by atoms with E-state index < -0.39 is 0 Å². The number of ether oxygens (including phenoxy) is 2. The van der Waals surface area contributed by atoms with Crippen molar-refractivity contribution in [2.45, 2.75) is 19.8 Å². The molecule has 0 unspecified atom stereocenters. The number of piperidine rings is 1. The number of carbonyl (C=O) groups is 1. The highest BCUT2D eigenvalue weighted by Gasteiger charge is 2.31. The normalized spacial score (nSPS) is 16.0. The summed E-state index contributed by atoms with van der Waals surface area (Å²) in [6.07, 6.45) is 1.72. The van der Waals surface area contributed by atoms with Gasteiger partial charge in [0.15, 0.2) is 0 Å². The summed E-state index contributed by atoms with van der Waals surface area (Å²) in [6, 6.07) is 15.5. The number of hydrogen-bond acceptors (Lipinski definition) is 7. The van der Waals surface area contributed by atoms with Crippen molar-refractivity contribution in [3.05, 3.63) is 48.5 Å². The smallest absolute Gasteiger partial charge is 0.324 e. The van der Waals surface area contributed by atoms with Gasteiger partial charge in [-0.1, -0.05) is 5.16 Å². The molecule has 168 valence electrons. The van der Waals surface area contributed by atoms with E-state index in [1.54, 1.807) is 14.2 Å². The van der Waals surface area contributed by atoms with Crippen molar-refractivity contribution in [3.8, 4) is 22.9 Å². The molecule has 1 fully saturated rings. The fourth-order valence-corrected chi connectivity index (χ4v) is 4.00. The van der Waals surface area contributed by atoms with Gasteiger partial charge in [0.25, 0.3) is 0 Å². The van der Waals surface area contributed by atoms with Crippen LogP contribution in [0.2, 0.25) is 0 Å². The highest BCUT2D eigenvalue weighted by Crippen LogP contribution is 2.28. The molecular formula is C24H28N4O4. The maximum absolute atomic E-state index is 13.3. The molecule has 1 atom stereocenters. The predicted molar refractivity (Wildman–Crippen MR) is 122 cm³/mol. The molecule has 2 aromatic carbocycles. The van der Waals surface area contributed by atoms with Crippen LogP contribution in [0.1, 0.15) is 19.8 Å². The summed E-state index contributed by atoms with van der Waals surface area (Å²) in [4.78, 5) is 21.7. The van der Waals surface area contributed by atoms with Crippen LogP contribution < -0.4 is 19.3 Å². The topological polar surface area (TPSA) is 80.9 Å². The second-order valence-electron chi connectivity index (χ2n) is 7.69. The monoisotopic (exact) mass is 436 g/mol. The zero-order chi connectivity index (χ0) is 22.5. The van der Waals surface area contributed by atoms with Crippen molar-refractivity contribution in [2.24, 2.45) is 5.92 Å². The van der Waals surface area contributed by atoms with Gasteiger partial charge in [-0.3, -0.25) is 4.79 Å². The molecule has 8 nitrogen and oxygen atoms in total. The maximum atomic E-state index is 13.3. The van der Waals surface area contributed by atoms with E-state index in [4.69, 9.17) is 14.0 Å². The van der Waals surface area contributed by atoms with E-state index in [2.05, 4.69) is 10.1 Å². The molecule has 32 heavy (non-hydrogen) atoms. The van der Waals surface area contributed by atoms with E-state index >= 15 is 0 Å². The van der Waals surface area contributed by atoms with Crippen LogP contribution in [0.4, 0.5) is 11.7 Å². The van der Waals surface area contributed by atoms with Crippen molar-refractivity contribution in [1.82, 2.24) is 10.1 Å². The average Bonchev–Trinajstić information content (AvgIpc) is 3.35. The third-order valence-corrected chi connectivity index (χ3v) is 5.77. The van der Waals surface area contributed by atoms with E-state index in [1.165, 1.54) is 0 Å². The van der Waals surface area contributed by atoms with Crippen LogP contribution in [-0.2, 0) is 4.79 Å². The number of nitrogens with zero attached hydrogens (tertiary/aromatic N) is 4. The molecule has 0 bridgehead atoms. The number of benzene rings is 2. The van der Waals surface area contributed by atoms with Crippen molar-refractivity contribution >= 4 is 17.6 Å². The molecule has 0 aliphatic carbocycles. The second-order valence-corrected chi connectivity index (χ2v) is 7.69. The zero-order valence-corrected chi connectivity index (χ0v) is 18.7. The average molecular weight is 437 g/mol. The van der Waals surface area contributed by atoms with Gasteiger partial charge >= 0.3 is 6.01 Å². The summed E-state index contributed by atoms with van der Waals surface area (Å²) in [5, 5.41) is 4.13. The van der Waals surface area contributed by atoms with Gasteiger partial charge in [0.05, 0.1) is 20.1 Å². The molecule has 1 amide bonds. The first-order chi connectivity index (χ1) is 15.6. The van der Waals surface area contributed by atoms with Crippen LogP contribution in [-0.4, -0.2) is 49.9 Å². The molecule has 1 saturated heterocycles. The van der Waals surface area contributed by atoms with Gasteiger partial charge in [-0.05, 0) is 68.3 Å². The summed E-state index contributed by atoms with van der Waals surface area (Å²) >= 11 is 0. The first kappa shape index (κ1) is 21.7. The number of carbonyl (C=O) groups excluding carboxylic acids is 1. The first-order valence-electron chi connectivity index (χ1n) is 10.8. The highest BCUT2D eigenvalue weighted by atomic mass is 16.5. The molecule has 4 rings (SSSR count). The minimum absolute atomic E-state index is 0.109. The minimum Gasteiger partial charge on any atom is -0.497 e. The number of methoxy groups -OCH3 is 2. The van der Waals surface area contributed by atoms with Gasteiger partial charge in [0, 0.05) is 30.9 Å². The van der Waals surface area contributed by atoms with Crippen molar-refractivity contribution < 1.29 is 18.8 Å². The molecule has 8 heteroatoms. The lowest BCUT2D eigenvalue weighted by Crippen LogP contribution is -2.45. The molecule has 1 aromatic heterocycles.